The summed E-state index contributed by atoms with van der Waals surface area (Å²) in [6, 6.07) is 0. The number of hydrogen-bond acceptors (Lipinski definition) is 3. The third-order valence-electron chi connectivity index (χ3n) is 0.373. The Kier molecular flexibility index (Phi) is 11.4. The predicted molar refractivity (Wildman–Crippen MR) is 24.6 cm³/mol. The van der Waals surface area contributed by atoms with E-state index in [1.807, 2.05) is 0 Å². The van der Waals surface area contributed by atoms with Crippen molar-refractivity contribution in [2.24, 2.45) is 5.84 Å². The molecule has 0 saturated heterocycles. The molecule has 0 bridgehead atoms. The zero-order valence-electron chi connectivity index (χ0n) is 5.05. The number of nitrogens with zero attached hydrogens (tertiary/aromatic N) is 1. The number of amides is 1. The van der Waals surface area contributed by atoms with Gasteiger partial charge in [0.05, 0.1) is 6.61 Å². The van der Waals surface area contributed by atoms with Crippen LogP contribution >= 0.6 is 0 Å². The third kappa shape index (κ3) is 6.87. The summed E-state index contributed by atoms with van der Waals surface area (Å²) in [5.74, 6) is 4.51. The van der Waals surface area contributed by atoms with Gasteiger partial charge in [-0.15, -0.1) is 0 Å². The standard InChI is InChI=1S/C3H8N2O2.K/c1-2-7-3(6)5-4;/h2,4H2,1H3,(H,5,6);/q;+1/p-1. The van der Waals surface area contributed by atoms with Crippen LogP contribution in [-0.4, -0.2) is 12.7 Å². The molecule has 0 unspecified atom stereocenters. The molecule has 0 atom stereocenters. The second kappa shape index (κ2) is 7.87. The Morgan fingerprint density at radius 1 is 1.88 bits per heavy atom. The minimum atomic E-state index is -0.720. The van der Waals surface area contributed by atoms with Crippen molar-refractivity contribution in [3.05, 3.63) is 5.43 Å². The van der Waals surface area contributed by atoms with E-state index in [-0.39, 0.29) is 51.4 Å². The van der Waals surface area contributed by atoms with Crippen LogP contribution in [0, 0.1) is 0 Å². The monoisotopic (exact) mass is 142 g/mol. The van der Waals surface area contributed by atoms with E-state index in [0.29, 0.717) is 6.61 Å². The molecule has 0 aromatic heterocycles. The molecule has 4 nitrogen and oxygen atoms in total. The molecule has 0 fully saturated rings. The van der Waals surface area contributed by atoms with Gasteiger partial charge in [-0.3, -0.25) is 4.79 Å². The molecule has 0 aliphatic rings. The van der Waals surface area contributed by atoms with E-state index >= 15 is 0 Å². The second-order valence-corrected chi connectivity index (χ2v) is 0.828. The summed E-state index contributed by atoms with van der Waals surface area (Å²) >= 11 is 0. The maximum absolute atomic E-state index is 9.90. The number of carbonyl (C=O) groups excluding carboxylic acids is 1. The van der Waals surface area contributed by atoms with Gasteiger partial charge in [-0.1, -0.05) is 0 Å². The molecule has 0 rings (SSSR count). The van der Waals surface area contributed by atoms with E-state index in [1.165, 1.54) is 0 Å². The van der Waals surface area contributed by atoms with Crippen molar-refractivity contribution in [1.82, 2.24) is 0 Å². The van der Waals surface area contributed by atoms with Crippen LogP contribution in [0.3, 0.4) is 0 Å². The SMILES string of the molecule is CCOC(=O)[N-]N.[K+]. The molecular formula is C3H7KN2O2. The quantitative estimate of drug-likeness (QED) is 0.189. The normalized spacial score (nSPS) is 6.75. The molecular weight excluding hydrogens is 135 g/mol. The minimum absolute atomic E-state index is 0. The van der Waals surface area contributed by atoms with E-state index < -0.39 is 6.09 Å². The number of carbonyl (C=O) groups is 1. The van der Waals surface area contributed by atoms with Gasteiger partial charge in [0.15, 0.2) is 0 Å². The summed E-state index contributed by atoms with van der Waals surface area (Å²) in [5.41, 5.74) is 2.72. The number of ether oxygens (including phenoxy) is 1. The van der Waals surface area contributed by atoms with Crippen molar-refractivity contribution < 1.29 is 60.9 Å². The molecule has 1 amide bonds. The Morgan fingerprint density at radius 3 is 2.50 bits per heavy atom. The first kappa shape index (κ1) is 11.6. The summed E-state index contributed by atoms with van der Waals surface area (Å²) in [6.45, 7) is 2.00. The second-order valence-electron chi connectivity index (χ2n) is 0.828. The summed E-state index contributed by atoms with van der Waals surface area (Å²) in [6.07, 6.45) is -0.720. The Labute approximate surface area is 90.5 Å². The molecule has 2 N–H and O–H groups in total. The van der Waals surface area contributed by atoms with Gasteiger partial charge in [0.2, 0.25) is 6.09 Å². The van der Waals surface area contributed by atoms with Crippen molar-refractivity contribution in [1.29, 1.82) is 0 Å². The Morgan fingerprint density at radius 2 is 2.38 bits per heavy atom. The van der Waals surface area contributed by atoms with Crippen LogP contribution in [0.25, 0.3) is 5.43 Å². The first-order chi connectivity index (χ1) is 3.31. The molecule has 0 saturated carbocycles. The smallest absolute Gasteiger partial charge is 0.558 e. The number of hydrogen-bond donors (Lipinski definition) is 1. The van der Waals surface area contributed by atoms with E-state index in [2.05, 4.69) is 16.0 Å². The van der Waals surface area contributed by atoms with Gasteiger partial charge < -0.3 is 16.0 Å². The molecule has 42 valence electrons. The predicted octanol–water partition coefficient (Wildman–Crippen LogP) is -2.61. The summed E-state index contributed by atoms with van der Waals surface area (Å²) in [5, 5.41) is 0. The summed E-state index contributed by atoms with van der Waals surface area (Å²) in [4.78, 5) is 9.90. The van der Waals surface area contributed by atoms with Crippen molar-refractivity contribution in [3.8, 4) is 0 Å². The first-order valence-electron chi connectivity index (χ1n) is 1.89. The van der Waals surface area contributed by atoms with E-state index in [1.54, 1.807) is 6.92 Å². The van der Waals surface area contributed by atoms with Gasteiger partial charge in [0, 0.05) is 0 Å². The molecule has 0 aliphatic heterocycles. The molecule has 0 radical (unpaired) electrons. The summed E-state index contributed by atoms with van der Waals surface area (Å²) in [7, 11) is 0. The fourth-order valence-electron chi connectivity index (χ4n) is 0.161. The molecule has 0 aromatic carbocycles. The molecule has 0 aromatic rings. The molecule has 0 spiro atoms. The van der Waals surface area contributed by atoms with Gasteiger partial charge in [-0.05, 0) is 6.92 Å². The van der Waals surface area contributed by atoms with Crippen molar-refractivity contribution in [2.75, 3.05) is 6.61 Å². The van der Waals surface area contributed by atoms with Crippen molar-refractivity contribution in [2.45, 2.75) is 6.92 Å². The average molecular weight is 142 g/mol. The first-order valence-corrected chi connectivity index (χ1v) is 1.89. The van der Waals surface area contributed by atoms with Crippen LogP contribution in [0.5, 0.6) is 0 Å². The van der Waals surface area contributed by atoms with Gasteiger partial charge in [-0.2, -0.15) is 0 Å². The maximum Gasteiger partial charge on any atom is 1.00 e. The Bertz CT molecular complexity index is 68.3. The van der Waals surface area contributed by atoms with Crippen molar-refractivity contribution >= 4 is 6.09 Å². The Balaban J connectivity index is 0. The number of nitrogens with two attached hydrogens (primary N) is 1. The average Bonchev–Trinajstić information content (AvgIpc) is 1.68. The van der Waals surface area contributed by atoms with Crippen LogP contribution in [0.2, 0.25) is 0 Å². The topological polar surface area (TPSA) is 66.4 Å². The van der Waals surface area contributed by atoms with E-state index in [0.717, 1.165) is 0 Å². The van der Waals surface area contributed by atoms with Gasteiger partial charge in [-0.25, -0.2) is 0 Å². The summed E-state index contributed by atoms with van der Waals surface area (Å²) < 4.78 is 4.26. The van der Waals surface area contributed by atoms with Crippen LogP contribution in [-0.2, 0) is 4.74 Å². The zero-order valence-corrected chi connectivity index (χ0v) is 8.17. The molecule has 8 heavy (non-hydrogen) atoms. The molecule has 0 aliphatic carbocycles. The van der Waals surface area contributed by atoms with Crippen LogP contribution in [0.1, 0.15) is 6.92 Å². The fraction of sp³-hybridized carbons (Fsp3) is 0.667. The maximum atomic E-state index is 9.90. The van der Waals surface area contributed by atoms with Gasteiger partial charge >= 0.3 is 51.4 Å². The zero-order chi connectivity index (χ0) is 5.70. The molecule has 5 heteroatoms. The Hall–Kier alpha value is 0.866. The van der Waals surface area contributed by atoms with E-state index in [4.69, 9.17) is 0 Å². The van der Waals surface area contributed by atoms with Crippen LogP contribution in [0.4, 0.5) is 4.79 Å². The number of rotatable bonds is 1. The fourth-order valence-corrected chi connectivity index (χ4v) is 0.161. The third-order valence-corrected chi connectivity index (χ3v) is 0.373. The van der Waals surface area contributed by atoms with Gasteiger partial charge in [0.1, 0.15) is 0 Å². The van der Waals surface area contributed by atoms with Crippen molar-refractivity contribution in [3.63, 3.8) is 0 Å². The largest absolute Gasteiger partial charge is 1.00 e. The van der Waals surface area contributed by atoms with Gasteiger partial charge in [0.25, 0.3) is 0 Å². The van der Waals surface area contributed by atoms with Crippen LogP contribution < -0.4 is 57.2 Å². The molecule has 0 heterocycles. The van der Waals surface area contributed by atoms with E-state index in [9.17, 15) is 4.79 Å². The van der Waals surface area contributed by atoms with Crippen LogP contribution in [0.15, 0.2) is 0 Å². The minimum Gasteiger partial charge on any atom is -0.558 e.